The average Bonchev–Trinajstić information content (AvgIpc) is 3.34. The molecule has 0 saturated carbocycles. The Labute approximate surface area is 196 Å². The first kappa shape index (κ1) is 19.9. The third kappa shape index (κ3) is 3.42. The van der Waals surface area contributed by atoms with Gasteiger partial charge in [0.15, 0.2) is 5.65 Å². The van der Waals surface area contributed by atoms with Crippen LogP contribution >= 0.6 is 0 Å². The minimum Gasteiger partial charge on any atom is -0.495 e. The number of hydrogen-bond donors (Lipinski definition) is 2. The van der Waals surface area contributed by atoms with E-state index in [1.807, 2.05) is 48.5 Å². The second-order valence-corrected chi connectivity index (χ2v) is 7.95. The fraction of sp³-hybridized carbons (Fsp3) is 0.0357. The molecule has 4 aromatic carbocycles. The molecule has 164 valence electrons. The molecule has 6 rings (SSSR count). The highest BCUT2D eigenvalue weighted by Crippen LogP contribution is 2.37. The quantitative estimate of drug-likeness (QED) is 0.314. The van der Waals surface area contributed by atoms with Crippen molar-refractivity contribution in [3.05, 3.63) is 97.3 Å². The normalized spacial score (nSPS) is 11.1. The number of hydrogen-bond acceptors (Lipinski definition) is 5. The summed E-state index contributed by atoms with van der Waals surface area (Å²) in [7, 11) is 1.66. The number of methoxy groups -OCH3 is 1. The summed E-state index contributed by atoms with van der Waals surface area (Å²) in [5, 5.41) is 14.3. The molecule has 0 spiro atoms. The highest BCUT2D eigenvalue weighted by atomic mass is 16.5. The lowest BCUT2D eigenvalue weighted by molar-refractivity contribution is 0.417. The molecular formula is C28H21N5O. The van der Waals surface area contributed by atoms with Gasteiger partial charge in [-0.1, -0.05) is 78.9 Å². The zero-order chi connectivity index (χ0) is 22.9. The van der Waals surface area contributed by atoms with Gasteiger partial charge in [0.1, 0.15) is 17.9 Å². The van der Waals surface area contributed by atoms with E-state index in [2.05, 4.69) is 67.9 Å². The van der Waals surface area contributed by atoms with E-state index in [4.69, 9.17) is 4.74 Å². The zero-order valence-corrected chi connectivity index (χ0v) is 18.5. The Kier molecular flexibility index (Phi) is 4.88. The van der Waals surface area contributed by atoms with Crippen LogP contribution in [0.1, 0.15) is 0 Å². The van der Waals surface area contributed by atoms with Crippen molar-refractivity contribution in [3.8, 4) is 28.1 Å². The number of nitrogens with one attached hydrogen (secondary N) is 2. The third-order valence-corrected chi connectivity index (χ3v) is 5.97. The molecule has 34 heavy (non-hydrogen) atoms. The van der Waals surface area contributed by atoms with Crippen molar-refractivity contribution in [2.45, 2.75) is 0 Å². The van der Waals surface area contributed by atoms with Crippen molar-refractivity contribution in [2.24, 2.45) is 0 Å². The van der Waals surface area contributed by atoms with E-state index in [1.54, 1.807) is 7.11 Å². The highest BCUT2D eigenvalue weighted by Gasteiger charge is 2.17. The fourth-order valence-corrected chi connectivity index (χ4v) is 4.33. The molecule has 6 nitrogen and oxygen atoms in total. The first-order valence-electron chi connectivity index (χ1n) is 11.0. The number of H-pyrrole nitrogens is 1. The first-order chi connectivity index (χ1) is 16.8. The lowest BCUT2D eigenvalue weighted by atomic mass is 10.0. The number of rotatable bonds is 5. The van der Waals surface area contributed by atoms with Gasteiger partial charge in [0.2, 0.25) is 0 Å². The van der Waals surface area contributed by atoms with Crippen molar-refractivity contribution in [1.82, 2.24) is 20.2 Å². The Morgan fingerprint density at radius 1 is 0.794 bits per heavy atom. The van der Waals surface area contributed by atoms with Crippen LogP contribution in [0.4, 0.5) is 11.5 Å². The maximum absolute atomic E-state index is 5.65. The molecule has 0 radical (unpaired) electrons. The van der Waals surface area contributed by atoms with Gasteiger partial charge in [-0.3, -0.25) is 5.10 Å². The van der Waals surface area contributed by atoms with Crippen LogP contribution in [0, 0.1) is 0 Å². The van der Waals surface area contributed by atoms with Gasteiger partial charge in [-0.15, -0.1) is 0 Å². The van der Waals surface area contributed by atoms with Crippen molar-refractivity contribution in [3.63, 3.8) is 0 Å². The van der Waals surface area contributed by atoms with Gasteiger partial charge in [0.25, 0.3) is 0 Å². The van der Waals surface area contributed by atoms with Crippen LogP contribution in [0.25, 0.3) is 44.2 Å². The van der Waals surface area contributed by atoms with Crippen molar-refractivity contribution in [2.75, 3.05) is 12.4 Å². The van der Waals surface area contributed by atoms with Gasteiger partial charge in [-0.2, -0.15) is 5.10 Å². The zero-order valence-electron chi connectivity index (χ0n) is 18.5. The first-order valence-corrected chi connectivity index (χ1v) is 11.0. The number of anilines is 2. The molecule has 2 N–H and O–H groups in total. The minimum absolute atomic E-state index is 0.596. The summed E-state index contributed by atoms with van der Waals surface area (Å²) in [6.07, 6.45) is 1.52. The standard InChI is InChI=1S/C28H21N5O/c1-34-24-15-14-20(18-8-3-2-4-9-18)16-23(24)31-27-25-26(32-33-28(25)30-17-29-27)22-13-7-11-19-10-5-6-12-21(19)22/h2-17H,1H3,(H2,29,30,31,32,33). The monoisotopic (exact) mass is 443 g/mol. The maximum atomic E-state index is 5.65. The Balaban J connectivity index is 1.50. The fourth-order valence-electron chi connectivity index (χ4n) is 4.33. The van der Waals surface area contributed by atoms with Gasteiger partial charge in [0.05, 0.1) is 23.9 Å². The molecule has 0 aliphatic heterocycles. The second-order valence-electron chi connectivity index (χ2n) is 7.95. The van der Waals surface area contributed by atoms with E-state index < -0.39 is 0 Å². The number of ether oxygens (including phenoxy) is 1. The van der Waals surface area contributed by atoms with E-state index in [0.717, 1.165) is 50.0 Å². The van der Waals surface area contributed by atoms with Gasteiger partial charge in [0, 0.05) is 5.56 Å². The van der Waals surface area contributed by atoms with Crippen molar-refractivity contribution < 1.29 is 4.74 Å². The van der Waals surface area contributed by atoms with E-state index in [9.17, 15) is 0 Å². The Morgan fingerprint density at radius 2 is 1.62 bits per heavy atom. The lowest BCUT2D eigenvalue weighted by Gasteiger charge is -2.14. The van der Waals surface area contributed by atoms with Crippen LogP contribution in [0.2, 0.25) is 0 Å². The number of nitrogens with zero attached hydrogens (tertiary/aromatic N) is 3. The van der Waals surface area contributed by atoms with E-state index >= 15 is 0 Å². The third-order valence-electron chi connectivity index (χ3n) is 5.97. The molecular weight excluding hydrogens is 422 g/mol. The number of fused-ring (bicyclic) bond motifs is 2. The average molecular weight is 444 g/mol. The predicted molar refractivity (Wildman–Crippen MR) is 136 cm³/mol. The van der Waals surface area contributed by atoms with Crippen LogP contribution < -0.4 is 10.1 Å². The van der Waals surface area contributed by atoms with Crippen molar-refractivity contribution >= 4 is 33.3 Å². The topological polar surface area (TPSA) is 75.7 Å². The minimum atomic E-state index is 0.596. The lowest BCUT2D eigenvalue weighted by Crippen LogP contribution is -1.99. The SMILES string of the molecule is COc1ccc(-c2ccccc2)cc1Nc1ncnc2n[nH]c(-c3cccc4ccccc34)c12. The molecule has 0 saturated heterocycles. The van der Waals surface area contributed by atoms with Gasteiger partial charge in [-0.05, 0) is 34.0 Å². The van der Waals surface area contributed by atoms with E-state index in [0.29, 0.717) is 11.5 Å². The maximum Gasteiger partial charge on any atom is 0.186 e. The van der Waals surface area contributed by atoms with Crippen molar-refractivity contribution in [1.29, 1.82) is 0 Å². The van der Waals surface area contributed by atoms with Crippen LogP contribution in [0.5, 0.6) is 5.75 Å². The van der Waals surface area contributed by atoms with Gasteiger partial charge >= 0.3 is 0 Å². The number of aromatic nitrogens is 4. The van der Waals surface area contributed by atoms with E-state index in [1.165, 1.54) is 6.33 Å². The summed E-state index contributed by atoms with van der Waals surface area (Å²) in [5.41, 5.74) is 5.53. The molecule has 6 heteroatoms. The largest absolute Gasteiger partial charge is 0.495 e. The summed E-state index contributed by atoms with van der Waals surface area (Å²) in [6, 6.07) is 30.9. The Hall–Kier alpha value is -4.71. The molecule has 0 aliphatic rings. The van der Waals surface area contributed by atoms with Crippen LogP contribution in [0.15, 0.2) is 97.3 Å². The molecule has 6 aromatic rings. The molecule has 0 atom stereocenters. The Morgan fingerprint density at radius 3 is 2.50 bits per heavy atom. The smallest absolute Gasteiger partial charge is 0.186 e. The Bertz CT molecular complexity index is 1620. The molecule has 0 aliphatic carbocycles. The van der Waals surface area contributed by atoms with Gasteiger partial charge in [-0.25, -0.2) is 9.97 Å². The summed E-state index contributed by atoms with van der Waals surface area (Å²) < 4.78 is 5.65. The molecule has 2 heterocycles. The summed E-state index contributed by atoms with van der Waals surface area (Å²) in [6.45, 7) is 0. The van der Waals surface area contributed by atoms with Crippen LogP contribution in [-0.2, 0) is 0 Å². The number of aromatic amines is 1. The predicted octanol–water partition coefficient (Wildman–Crippen LogP) is 6.59. The molecule has 0 unspecified atom stereocenters. The molecule has 0 fully saturated rings. The molecule has 0 amide bonds. The second kappa shape index (κ2) is 8.33. The molecule has 2 aromatic heterocycles. The van der Waals surface area contributed by atoms with Crippen LogP contribution in [0.3, 0.4) is 0 Å². The van der Waals surface area contributed by atoms with E-state index in [-0.39, 0.29) is 0 Å². The van der Waals surface area contributed by atoms with Gasteiger partial charge < -0.3 is 10.1 Å². The highest BCUT2D eigenvalue weighted by molar-refractivity contribution is 6.06. The van der Waals surface area contributed by atoms with Crippen LogP contribution in [-0.4, -0.2) is 27.3 Å². The molecule has 0 bridgehead atoms. The summed E-state index contributed by atoms with van der Waals surface area (Å²) >= 11 is 0. The summed E-state index contributed by atoms with van der Waals surface area (Å²) in [5.74, 6) is 1.38. The summed E-state index contributed by atoms with van der Waals surface area (Å²) in [4.78, 5) is 8.97. The number of benzene rings is 4.